The third kappa shape index (κ3) is 5.13. The van der Waals surface area contributed by atoms with E-state index in [1.165, 1.54) is 0 Å². The van der Waals surface area contributed by atoms with Crippen LogP contribution >= 0.6 is 11.3 Å². The van der Waals surface area contributed by atoms with Gasteiger partial charge in [0.05, 0.1) is 20.6 Å². The van der Waals surface area contributed by atoms with Crippen molar-refractivity contribution in [1.82, 2.24) is 14.7 Å². The maximum atomic E-state index is 13.2. The highest BCUT2D eigenvalue weighted by atomic mass is 32.1. The lowest BCUT2D eigenvalue weighted by atomic mass is 10.1. The van der Waals surface area contributed by atoms with Crippen molar-refractivity contribution in [3.8, 4) is 11.5 Å². The van der Waals surface area contributed by atoms with Gasteiger partial charge < -0.3 is 24.2 Å². The molecule has 2 aromatic rings. The second kappa shape index (κ2) is 10.2. The molecule has 1 aromatic heterocycles. The predicted molar refractivity (Wildman–Crippen MR) is 125 cm³/mol. The Morgan fingerprint density at radius 2 is 1.64 bits per heavy atom. The first kappa shape index (κ1) is 23.1. The van der Waals surface area contributed by atoms with E-state index in [1.807, 2.05) is 17.5 Å². The van der Waals surface area contributed by atoms with Gasteiger partial charge in [-0.2, -0.15) is 0 Å². The van der Waals surface area contributed by atoms with Gasteiger partial charge in [-0.05, 0) is 36.4 Å². The number of likely N-dealkylation sites (tertiary alicyclic amines) is 1. The molecule has 4 rings (SSSR count). The second-order valence-electron chi connectivity index (χ2n) is 8.22. The minimum absolute atomic E-state index is 0.00841. The number of methoxy groups -OCH3 is 2. The van der Waals surface area contributed by atoms with Crippen LogP contribution in [-0.2, 0) is 16.0 Å². The molecule has 0 aliphatic carbocycles. The summed E-state index contributed by atoms with van der Waals surface area (Å²) >= 11 is 1.56. The van der Waals surface area contributed by atoms with Crippen molar-refractivity contribution in [2.45, 2.75) is 25.3 Å². The van der Waals surface area contributed by atoms with E-state index >= 15 is 0 Å². The van der Waals surface area contributed by atoms with Crippen LogP contribution in [0.15, 0.2) is 35.7 Å². The number of ether oxygens (including phenoxy) is 2. The lowest BCUT2D eigenvalue weighted by Crippen LogP contribution is -2.55. The van der Waals surface area contributed by atoms with E-state index in [0.29, 0.717) is 62.6 Å². The second-order valence-corrected chi connectivity index (χ2v) is 9.25. The fraction of sp³-hybridized carbons (Fsp3) is 0.458. The van der Waals surface area contributed by atoms with Gasteiger partial charge in [-0.1, -0.05) is 6.07 Å². The van der Waals surface area contributed by atoms with Crippen molar-refractivity contribution in [1.29, 1.82) is 0 Å². The highest BCUT2D eigenvalue weighted by molar-refractivity contribution is 7.10. The SMILES string of the molecule is COc1cc(OC)cc(C(=O)N2CCN(C(=O)C3CCCN3C(=O)Cc3cccs3)CC2)c1. The molecule has 9 heteroatoms. The van der Waals surface area contributed by atoms with Gasteiger partial charge in [0.25, 0.3) is 5.91 Å². The first-order chi connectivity index (χ1) is 16.0. The average molecular weight is 472 g/mol. The number of carbonyl (C=O) groups is 3. The smallest absolute Gasteiger partial charge is 0.254 e. The molecule has 2 saturated heterocycles. The zero-order valence-corrected chi connectivity index (χ0v) is 19.8. The van der Waals surface area contributed by atoms with Crippen LogP contribution in [0.3, 0.4) is 0 Å². The van der Waals surface area contributed by atoms with Crippen LogP contribution in [0.2, 0.25) is 0 Å². The van der Waals surface area contributed by atoms with Crippen molar-refractivity contribution in [2.75, 3.05) is 46.9 Å². The first-order valence-corrected chi connectivity index (χ1v) is 12.0. The number of thiophene rings is 1. The van der Waals surface area contributed by atoms with Gasteiger partial charge in [0.15, 0.2) is 0 Å². The van der Waals surface area contributed by atoms with Crippen LogP contribution in [0.4, 0.5) is 0 Å². The highest BCUT2D eigenvalue weighted by Crippen LogP contribution is 2.25. The molecule has 1 atom stereocenters. The van der Waals surface area contributed by atoms with E-state index in [9.17, 15) is 14.4 Å². The molecule has 3 amide bonds. The molecule has 0 radical (unpaired) electrons. The fourth-order valence-electron chi connectivity index (χ4n) is 4.44. The van der Waals surface area contributed by atoms with Crippen molar-refractivity contribution in [3.05, 3.63) is 46.2 Å². The van der Waals surface area contributed by atoms with E-state index in [0.717, 1.165) is 11.3 Å². The van der Waals surface area contributed by atoms with Crippen molar-refractivity contribution in [3.63, 3.8) is 0 Å². The number of hydrogen-bond donors (Lipinski definition) is 0. The molecule has 8 nitrogen and oxygen atoms in total. The van der Waals surface area contributed by atoms with Gasteiger partial charge in [-0.15, -0.1) is 11.3 Å². The molecule has 176 valence electrons. The number of hydrogen-bond acceptors (Lipinski definition) is 6. The number of benzene rings is 1. The van der Waals surface area contributed by atoms with Gasteiger partial charge in [0, 0.05) is 49.2 Å². The maximum absolute atomic E-state index is 13.2. The summed E-state index contributed by atoms with van der Waals surface area (Å²) in [4.78, 5) is 45.3. The number of amides is 3. The monoisotopic (exact) mass is 471 g/mol. The van der Waals surface area contributed by atoms with Crippen LogP contribution in [0.5, 0.6) is 11.5 Å². The van der Waals surface area contributed by atoms with Crippen molar-refractivity contribution in [2.24, 2.45) is 0 Å². The van der Waals surface area contributed by atoms with E-state index in [1.54, 1.807) is 58.5 Å². The minimum atomic E-state index is -0.401. The van der Waals surface area contributed by atoms with Gasteiger partial charge in [0.2, 0.25) is 11.8 Å². The van der Waals surface area contributed by atoms with Crippen LogP contribution in [0, 0.1) is 0 Å². The molecular weight excluding hydrogens is 442 g/mol. The zero-order valence-electron chi connectivity index (χ0n) is 19.0. The maximum Gasteiger partial charge on any atom is 0.254 e. The van der Waals surface area contributed by atoms with E-state index in [2.05, 4.69) is 0 Å². The van der Waals surface area contributed by atoms with Gasteiger partial charge in [-0.25, -0.2) is 0 Å². The van der Waals surface area contributed by atoms with Crippen LogP contribution in [-0.4, -0.2) is 85.4 Å². The Balaban J connectivity index is 1.36. The molecular formula is C24H29N3O5S. The first-order valence-electron chi connectivity index (χ1n) is 11.1. The van der Waals surface area contributed by atoms with Gasteiger partial charge in [0.1, 0.15) is 17.5 Å². The Bertz CT molecular complexity index is 979. The van der Waals surface area contributed by atoms with Gasteiger partial charge >= 0.3 is 0 Å². The number of rotatable bonds is 6. The fourth-order valence-corrected chi connectivity index (χ4v) is 5.14. The summed E-state index contributed by atoms with van der Waals surface area (Å²) in [5, 5.41) is 1.96. The standard InChI is InChI=1S/C24H29N3O5S/c1-31-18-13-17(14-19(15-18)32-2)23(29)25-8-10-26(11-9-25)24(30)21-6-3-7-27(21)22(28)16-20-5-4-12-33-20/h4-5,12-15,21H,3,6-11,16H2,1-2H3. The molecule has 0 bridgehead atoms. The normalized spacial score (nSPS) is 18.4. The Morgan fingerprint density at radius 1 is 0.970 bits per heavy atom. The number of piperazine rings is 1. The molecule has 3 heterocycles. The summed E-state index contributed by atoms with van der Waals surface area (Å²) in [5.41, 5.74) is 0.493. The zero-order chi connectivity index (χ0) is 23.4. The van der Waals surface area contributed by atoms with Crippen LogP contribution < -0.4 is 9.47 Å². The molecule has 33 heavy (non-hydrogen) atoms. The van der Waals surface area contributed by atoms with Crippen molar-refractivity contribution >= 4 is 29.1 Å². The molecule has 1 unspecified atom stereocenters. The molecule has 2 aliphatic heterocycles. The molecule has 2 fully saturated rings. The predicted octanol–water partition coefficient (Wildman–Crippen LogP) is 2.28. The summed E-state index contributed by atoms with van der Waals surface area (Å²) in [6.07, 6.45) is 1.87. The van der Waals surface area contributed by atoms with Crippen LogP contribution in [0.25, 0.3) is 0 Å². The number of carbonyl (C=O) groups excluding carboxylic acids is 3. The molecule has 1 aromatic carbocycles. The summed E-state index contributed by atoms with van der Waals surface area (Å²) < 4.78 is 10.5. The Hall–Kier alpha value is -3.07. The molecule has 2 aliphatic rings. The van der Waals surface area contributed by atoms with E-state index < -0.39 is 6.04 Å². The summed E-state index contributed by atoms with van der Waals surface area (Å²) in [5.74, 6) is 0.990. The van der Waals surface area contributed by atoms with Crippen LogP contribution in [0.1, 0.15) is 28.1 Å². The minimum Gasteiger partial charge on any atom is -0.497 e. The molecule has 0 spiro atoms. The van der Waals surface area contributed by atoms with E-state index in [-0.39, 0.29) is 17.7 Å². The Kier molecular flexibility index (Phi) is 7.17. The lowest BCUT2D eigenvalue weighted by Gasteiger charge is -2.37. The molecule has 0 saturated carbocycles. The summed E-state index contributed by atoms with van der Waals surface area (Å²) in [6.45, 7) is 2.42. The van der Waals surface area contributed by atoms with E-state index in [4.69, 9.17) is 9.47 Å². The lowest BCUT2D eigenvalue weighted by molar-refractivity contribution is -0.144. The topological polar surface area (TPSA) is 79.4 Å². The van der Waals surface area contributed by atoms with Gasteiger partial charge in [-0.3, -0.25) is 14.4 Å². The third-order valence-corrected chi connectivity index (χ3v) is 7.12. The summed E-state index contributed by atoms with van der Waals surface area (Å²) in [6, 6.07) is 8.59. The number of nitrogens with zero attached hydrogens (tertiary/aromatic N) is 3. The highest BCUT2D eigenvalue weighted by Gasteiger charge is 2.37. The summed E-state index contributed by atoms with van der Waals surface area (Å²) in [7, 11) is 3.09. The largest absolute Gasteiger partial charge is 0.497 e. The molecule has 0 N–H and O–H groups in total. The third-order valence-electron chi connectivity index (χ3n) is 6.24. The average Bonchev–Trinajstić information content (AvgIpc) is 3.55. The van der Waals surface area contributed by atoms with Crippen molar-refractivity contribution < 1.29 is 23.9 Å². The Labute approximate surface area is 197 Å². The quantitative estimate of drug-likeness (QED) is 0.646. The Morgan fingerprint density at radius 3 is 2.24 bits per heavy atom.